The third kappa shape index (κ3) is 2.71. The number of anilines is 1. The highest BCUT2D eigenvalue weighted by Gasteiger charge is 2.60. The molecule has 2 atom stereocenters. The maximum Gasteiger partial charge on any atom is 0.230 e. The van der Waals surface area contributed by atoms with Crippen LogP contribution in [0.1, 0.15) is 38.5 Å². The number of methoxy groups -OCH3 is 3. The van der Waals surface area contributed by atoms with Crippen molar-refractivity contribution >= 4 is 11.6 Å². The first kappa shape index (κ1) is 17.5. The van der Waals surface area contributed by atoms with Crippen molar-refractivity contribution in [2.75, 3.05) is 26.6 Å². The molecule has 0 heterocycles. The highest BCUT2D eigenvalue weighted by Crippen LogP contribution is 2.62. The standard InChI is InChI=1S/C20H27NO5/c1-24-15-5-14(6-16(25-2)17(15)26-3)21-18(22)19-7-12-4-13(8-19)10-20(23,9-12)11-19/h5-6,12-13,23H,4,7-11H2,1-3H3,(H,21,22). The molecule has 2 N–H and O–H groups in total. The van der Waals surface area contributed by atoms with Gasteiger partial charge >= 0.3 is 0 Å². The van der Waals surface area contributed by atoms with Crippen molar-refractivity contribution in [3.63, 3.8) is 0 Å². The van der Waals surface area contributed by atoms with E-state index in [9.17, 15) is 9.90 Å². The summed E-state index contributed by atoms with van der Waals surface area (Å²) in [5.74, 6) is 2.44. The number of ether oxygens (including phenoxy) is 3. The Morgan fingerprint density at radius 3 is 2.08 bits per heavy atom. The van der Waals surface area contributed by atoms with Crippen LogP contribution in [0.4, 0.5) is 5.69 Å². The molecule has 0 aliphatic heterocycles. The van der Waals surface area contributed by atoms with E-state index < -0.39 is 11.0 Å². The number of hydrogen-bond acceptors (Lipinski definition) is 5. The topological polar surface area (TPSA) is 77.0 Å². The number of carbonyl (C=O) groups is 1. The summed E-state index contributed by atoms with van der Waals surface area (Å²) in [7, 11) is 4.66. The first-order chi connectivity index (χ1) is 12.4. The minimum atomic E-state index is -0.656. The number of rotatable bonds is 5. The Labute approximate surface area is 153 Å². The fourth-order valence-electron chi connectivity index (χ4n) is 5.90. The molecule has 1 aromatic carbocycles. The van der Waals surface area contributed by atoms with Crippen LogP contribution in [0.3, 0.4) is 0 Å². The Bertz CT molecular complexity index is 692. The average molecular weight is 361 g/mol. The molecule has 0 aromatic heterocycles. The second-order valence-electron chi connectivity index (χ2n) is 8.33. The maximum absolute atomic E-state index is 13.2. The van der Waals surface area contributed by atoms with Crippen molar-refractivity contribution in [1.82, 2.24) is 0 Å². The number of nitrogens with one attached hydrogen (secondary N) is 1. The average Bonchev–Trinajstić information content (AvgIpc) is 2.58. The van der Waals surface area contributed by atoms with E-state index in [1.807, 2.05) is 0 Å². The van der Waals surface area contributed by atoms with E-state index >= 15 is 0 Å². The van der Waals surface area contributed by atoms with Crippen molar-refractivity contribution in [2.45, 2.75) is 44.1 Å². The smallest absolute Gasteiger partial charge is 0.230 e. The molecule has 5 rings (SSSR count). The Morgan fingerprint density at radius 2 is 1.62 bits per heavy atom. The van der Waals surface area contributed by atoms with Gasteiger partial charge < -0.3 is 24.6 Å². The van der Waals surface area contributed by atoms with Crippen LogP contribution >= 0.6 is 0 Å². The van der Waals surface area contributed by atoms with Crippen LogP contribution < -0.4 is 19.5 Å². The normalized spacial score (nSPS) is 34.5. The zero-order chi connectivity index (χ0) is 18.5. The number of benzene rings is 1. The van der Waals surface area contributed by atoms with Gasteiger partial charge in [-0.05, 0) is 50.4 Å². The fourth-order valence-corrected chi connectivity index (χ4v) is 5.90. The highest BCUT2D eigenvalue weighted by atomic mass is 16.5. The summed E-state index contributed by atoms with van der Waals surface area (Å²) in [6.07, 6.45) is 5.18. The zero-order valence-electron chi connectivity index (χ0n) is 15.6. The molecule has 4 saturated carbocycles. The van der Waals surface area contributed by atoms with Crippen LogP contribution in [0, 0.1) is 17.3 Å². The van der Waals surface area contributed by atoms with Gasteiger partial charge in [-0.2, -0.15) is 0 Å². The van der Waals surface area contributed by atoms with Gasteiger partial charge in [-0.15, -0.1) is 0 Å². The predicted octanol–water partition coefficient (Wildman–Crippen LogP) is 2.98. The van der Waals surface area contributed by atoms with Crippen LogP contribution in [0.15, 0.2) is 12.1 Å². The van der Waals surface area contributed by atoms with Gasteiger partial charge in [-0.25, -0.2) is 0 Å². The Kier molecular flexibility index (Phi) is 4.06. The van der Waals surface area contributed by atoms with Crippen molar-refractivity contribution in [1.29, 1.82) is 0 Å². The Balaban J connectivity index is 1.61. The van der Waals surface area contributed by atoms with Gasteiger partial charge in [0.2, 0.25) is 11.7 Å². The van der Waals surface area contributed by atoms with Crippen LogP contribution in [0.25, 0.3) is 0 Å². The predicted molar refractivity (Wildman–Crippen MR) is 96.8 cm³/mol. The largest absolute Gasteiger partial charge is 0.493 e. The molecule has 6 nitrogen and oxygen atoms in total. The Morgan fingerprint density at radius 1 is 1.04 bits per heavy atom. The number of aliphatic hydroxyl groups is 1. The molecule has 1 amide bonds. The lowest BCUT2D eigenvalue weighted by atomic mass is 9.47. The quantitative estimate of drug-likeness (QED) is 0.843. The molecule has 6 heteroatoms. The Hall–Kier alpha value is -1.95. The van der Waals surface area contributed by atoms with Crippen LogP contribution in [-0.4, -0.2) is 37.9 Å². The maximum atomic E-state index is 13.2. The van der Waals surface area contributed by atoms with Crippen molar-refractivity contribution in [3.8, 4) is 17.2 Å². The lowest BCUT2D eigenvalue weighted by Gasteiger charge is -2.59. The van der Waals surface area contributed by atoms with Gasteiger partial charge in [0.15, 0.2) is 11.5 Å². The number of amides is 1. The number of carbonyl (C=O) groups excluding carboxylic acids is 1. The zero-order valence-corrected chi connectivity index (χ0v) is 15.6. The molecule has 26 heavy (non-hydrogen) atoms. The lowest BCUT2D eigenvalue weighted by molar-refractivity contribution is -0.174. The molecule has 2 unspecified atom stereocenters. The van der Waals surface area contributed by atoms with Gasteiger partial charge in [0.1, 0.15) is 0 Å². The summed E-state index contributed by atoms with van der Waals surface area (Å²) >= 11 is 0. The first-order valence-electron chi connectivity index (χ1n) is 9.24. The second-order valence-corrected chi connectivity index (χ2v) is 8.33. The van der Waals surface area contributed by atoms with Crippen LogP contribution in [0.2, 0.25) is 0 Å². The second kappa shape index (κ2) is 6.05. The summed E-state index contributed by atoms with van der Waals surface area (Å²) in [4.78, 5) is 13.2. The van der Waals surface area contributed by atoms with Gasteiger partial charge in [0.05, 0.1) is 32.3 Å². The van der Waals surface area contributed by atoms with E-state index in [-0.39, 0.29) is 5.91 Å². The van der Waals surface area contributed by atoms with Crippen molar-refractivity contribution < 1.29 is 24.1 Å². The molecule has 0 radical (unpaired) electrons. The summed E-state index contributed by atoms with van der Waals surface area (Å²) in [5.41, 5.74) is -0.497. The molecular weight excluding hydrogens is 334 g/mol. The fraction of sp³-hybridized carbons (Fsp3) is 0.650. The molecule has 4 aliphatic rings. The molecule has 4 aliphatic carbocycles. The van der Waals surface area contributed by atoms with Crippen LogP contribution in [0.5, 0.6) is 17.2 Å². The highest BCUT2D eigenvalue weighted by molar-refractivity contribution is 5.96. The van der Waals surface area contributed by atoms with E-state index in [4.69, 9.17) is 14.2 Å². The summed E-state index contributed by atoms with van der Waals surface area (Å²) in [6.45, 7) is 0. The minimum Gasteiger partial charge on any atom is -0.493 e. The summed E-state index contributed by atoms with van der Waals surface area (Å²) in [6, 6.07) is 3.49. The molecule has 0 saturated heterocycles. The monoisotopic (exact) mass is 361 g/mol. The molecule has 0 spiro atoms. The SMILES string of the molecule is COc1cc(NC(=O)C23CC4CC(CC(O)(C4)C2)C3)cc(OC)c1OC. The van der Waals surface area contributed by atoms with E-state index in [1.165, 1.54) is 0 Å². The van der Waals surface area contributed by atoms with E-state index in [0.717, 1.165) is 32.1 Å². The molecule has 142 valence electrons. The molecule has 1 aromatic rings. The van der Waals surface area contributed by atoms with Gasteiger partial charge in [0.25, 0.3) is 0 Å². The molecular formula is C20H27NO5. The molecule has 4 bridgehead atoms. The van der Waals surface area contributed by atoms with E-state index in [1.54, 1.807) is 33.5 Å². The van der Waals surface area contributed by atoms with E-state index in [2.05, 4.69) is 5.32 Å². The van der Waals surface area contributed by atoms with Crippen molar-refractivity contribution in [3.05, 3.63) is 12.1 Å². The van der Waals surface area contributed by atoms with E-state index in [0.29, 0.717) is 41.2 Å². The van der Waals surface area contributed by atoms with Crippen LogP contribution in [-0.2, 0) is 4.79 Å². The number of hydrogen-bond donors (Lipinski definition) is 2. The van der Waals surface area contributed by atoms with Gasteiger partial charge in [0, 0.05) is 17.8 Å². The van der Waals surface area contributed by atoms with Gasteiger partial charge in [-0.3, -0.25) is 4.79 Å². The molecule has 4 fully saturated rings. The third-order valence-electron chi connectivity index (χ3n) is 6.43. The first-order valence-corrected chi connectivity index (χ1v) is 9.24. The van der Waals surface area contributed by atoms with Gasteiger partial charge in [-0.1, -0.05) is 0 Å². The summed E-state index contributed by atoms with van der Waals surface area (Å²) < 4.78 is 16.1. The summed E-state index contributed by atoms with van der Waals surface area (Å²) in [5, 5.41) is 13.9. The third-order valence-corrected chi connectivity index (χ3v) is 6.43. The lowest BCUT2D eigenvalue weighted by Crippen LogP contribution is -2.59. The van der Waals surface area contributed by atoms with Crippen molar-refractivity contribution in [2.24, 2.45) is 17.3 Å². The minimum absolute atomic E-state index is 0.000650.